The first-order chi connectivity index (χ1) is 8.47. The van der Waals surface area contributed by atoms with Crippen LogP contribution in [-0.4, -0.2) is 36.9 Å². The molecule has 0 unspecified atom stereocenters. The highest BCUT2D eigenvalue weighted by Crippen LogP contribution is 2.19. The predicted molar refractivity (Wildman–Crippen MR) is 74.1 cm³/mol. The molecule has 1 aromatic rings. The van der Waals surface area contributed by atoms with Gasteiger partial charge in [-0.3, -0.25) is 4.79 Å². The maximum atomic E-state index is 12.0. The number of nitrogens with zero attached hydrogens (tertiary/aromatic N) is 1. The molecule has 0 aromatic heterocycles. The Morgan fingerprint density at radius 1 is 1.33 bits per heavy atom. The summed E-state index contributed by atoms with van der Waals surface area (Å²) in [5, 5.41) is 0. The molecule has 0 saturated heterocycles. The molecule has 0 aliphatic heterocycles. The van der Waals surface area contributed by atoms with Gasteiger partial charge in [-0.25, -0.2) is 0 Å². The third kappa shape index (κ3) is 4.22. The summed E-state index contributed by atoms with van der Waals surface area (Å²) in [4.78, 5) is 13.7. The zero-order valence-corrected chi connectivity index (χ0v) is 11.9. The van der Waals surface area contributed by atoms with E-state index in [-0.39, 0.29) is 5.91 Å². The van der Waals surface area contributed by atoms with Gasteiger partial charge < -0.3 is 9.64 Å². The van der Waals surface area contributed by atoms with E-state index >= 15 is 0 Å². The molecule has 1 rings (SSSR count). The van der Waals surface area contributed by atoms with E-state index < -0.39 is 5.41 Å². The lowest BCUT2D eigenvalue weighted by molar-refractivity contribution is -0.138. The molecule has 0 aliphatic rings. The Labute approximate surface area is 114 Å². The maximum absolute atomic E-state index is 12.0. The molecule has 4 heteroatoms. The quantitative estimate of drug-likeness (QED) is 0.743. The number of amides is 1. The second-order valence-electron chi connectivity index (χ2n) is 4.91. The van der Waals surface area contributed by atoms with Crippen LogP contribution in [0.5, 0.6) is 5.75 Å². The summed E-state index contributed by atoms with van der Waals surface area (Å²) >= 11 is 5.78. The van der Waals surface area contributed by atoms with Gasteiger partial charge in [-0.15, -0.1) is 11.6 Å². The van der Waals surface area contributed by atoms with Gasteiger partial charge in [0, 0.05) is 12.9 Å². The van der Waals surface area contributed by atoms with E-state index in [1.54, 1.807) is 11.9 Å². The Morgan fingerprint density at radius 3 is 2.50 bits per heavy atom. The number of carbonyl (C=O) groups excluding carboxylic acids is 1. The van der Waals surface area contributed by atoms with Gasteiger partial charge in [0.2, 0.25) is 5.91 Å². The first-order valence-corrected chi connectivity index (χ1v) is 6.50. The van der Waals surface area contributed by atoms with Crippen molar-refractivity contribution in [1.29, 1.82) is 0 Å². The van der Waals surface area contributed by atoms with E-state index in [0.717, 1.165) is 5.75 Å². The number of rotatable bonds is 6. The second kappa shape index (κ2) is 6.64. The maximum Gasteiger partial charge on any atom is 0.229 e. The number of alkyl halides is 1. The van der Waals surface area contributed by atoms with Crippen molar-refractivity contribution in [2.24, 2.45) is 5.41 Å². The summed E-state index contributed by atoms with van der Waals surface area (Å²) in [6, 6.07) is 9.56. The second-order valence-corrected chi connectivity index (χ2v) is 5.17. The van der Waals surface area contributed by atoms with Crippen molar-refractivity contribution in [2.75, 3.05) is 26.1 Å². The molecule has 0 spiro atoms. The fourth-order valence-corrected chi connectivity index (χ4v) is 1.61. The first kappa shape index (κ1) is 14.8. The molecular weight excluding hydrogens is 250 g/mol. The van der Waals surface area contributed by atoms with E-state index in [9.17, 15) is 4.79 Å². The number of halogens is 1. The van der Waals surface area contributed by atoms with E-state index in [0.29, 0.717) is 19.0 Å². The van der Waals surface area contributed by atoms with Crippen molar-refractivity contribution in [3.05, 3.63) is 30.3 Å². The van der Waals surface area contributed by atoms with Crippen molar-refractivity contribution >= 4 is 17.5 Å². The summed E-state index contributed by atoms with van der Waals surface area (Å²) < 4.78 is 5.55. The van der Waals surface area contributed by atoms with Crippen LogP contribution in [0.4, 0.5) is 0 Å². The minimum absolute atomic E-state index is 0.0363. The molecule has 18 heavy (non-hydrogen) atoms. The minimum atomic E-state index is -0.525. The SMILES string of the molecule is CN(CCOc1ccccc1)C(=O)C(C)(C)CCl. The molecule has 3 nitrogen and oxygen atoms in total. The van der Waals surface area contributed by atoms with Gasteiger partial charge in [0.05, 0.1) is 12.0 Å². The standard InChI is InChI=1S/C14H20ClNO2/c1-14(2,11-15)13(17)16(3)9-10-18-12-7-5-4-6-8-12/h4-8H,9-11H2,1-3H3. The number of benzene rings is 1. The third-order valence-corrected chi connectivity index (χ3v) is 3.37. The number of likely N-dealkylation sites (N-methyl/N-ethyl adjacent to an activating group) is 1. The normalized spacial score (nSPS) is 11.1. The lowest BCUT2D eigenvalue weighted by atomic mass is 9.94. The Hall–Kier alpha value is -1.22. The third-order valence-electron chi connectivity index (χ3n) is 2.70. The fraction of sp³-hybridized carbons (Fsp3) is 0.500. The predicted octanol–water partition coefficient (Wildman–Crippen LogP) is 2.79. The van der Waals surface area contributed by atoms with Crippen LogP contribution in [0.2, 0.25) is 0 Å². The molecule has 0 heterocycles. The van der Waals surface area contributed by atoms with E-state index in [1.165, 1.54) is 0 Å². The Morgan fingerprint density at radius 2 is 1.94 bits per heavy atom. The lowest BCUT2D eigenvalue weighted by Crippen LogP contribution is -2.41. The molecule has 100 valence electrons. The Balaban J connectivity index is 2.38. The smallest absolute Gasteiger partial charge is 0.229 e. The highest BCUT2D eigenvalue weighted by atomic mass is 35.5. The number of ether oxygens (including phenoxy) is 1. The van der Waals surface area contributed by atoms with Crippen LogP contribution in [0.15, 0.2) is 30.3 Å². The molecule has 0 fully saturated rings. The van der Waals surface area contributed by atoms with Crippen LogP contribution in [-0.2, 0) is 4.79 Å². The molecule has 0 atom stereocenters. The zero-order chi connectivity index (χ0) is 13.6. The Bertz CT molecular complexity index is 379. The summed E-state index contributed by atoms with van der Waals surface area (Å²) in [5.41, 5.74) is -0.525. The molecule has 1 amide bonds. The molecule has 0 N–H and O–H groups in total. The number of hydrogen-bond acceptors (Lipinski definition) is 2. The number of para-hydroxylation sites is 1. The summed E-state index contributed by atoms with van der Waals surface area (Å²) in [6.07, 6.45) is 0. The van der Waals surface area contributed by atoms with Crippen molar-refractivity contribution in [3.63, 3.8) is 0 Å². The molecule has 0 aliphatic carbocycles. The van der Waals surface area contributed by atoms with E-state index in [4.69, 9.17) is 16.3 Å². The van der Waals surface area contributed by atoms with Gasteiger partial charge in [-0.2, -0.15) is 0 Å². The van der Waals surface area contributed by atoms with Gasteiger partial charge in [0.15, 0.2) is 0 Å². The molecular formula is C14H20ClNO2. The summed E-state index contributed by atoms with van der Waals surface area (Å²) in [7, 11) is 1.77. The average Bonchev–Trinajstić information content (AvgIpc) is 2.39. The van der Waals surface area contributed by atoms with Crippen molar-refractivity contribution < 1.29 is 9.53 Å². The highest BCUT2D eigenvalue weighted by molar-refractivity contribution is 6.19. The van der Waals surface area contributed by atoms with Crippen LogP contribution in [0.25, 0.3) is 0 Å². The van der Waals surface area contributed by atoms with Crippen LogP contribution < -0.4 is 4.74 Å². The zero-order valence-electron chi connectivity index (χ0n) is 11.1. The van der Waals surface area contributed by atoms with Crippen LogP contribution in [0, 0.1) is 5.41 Å². The monoisotopic (exact) mass is 269 g/mol. The molecule has 0 bridgehead atoms. The number of carbonyl (C=O) groups is 1. The Kier molecular flexibility index (Phi) is 5.48. The molecule has 1 aromatic carbocycles. The molecule has 0 saturated carbocycles. The first-order valence-electron chi connectivity index (χ1n) is 5.97. The summed E-state index contributed by atoms with van der Waals surface area (Å²) in [6.45, 7) is 4.71. The van der Waals surface area contributed by atoms with Gasteiger partial charge in [0.1, 0.15) is 12.4 Å². The lowest BCUT2D eigenvalue weighted by Gasteiger charge is -2.27. The number of hydrogen-bond donors (Lipinski definition) is 0. The van der Waals surface area contributed by atoms with Crippen molar-refractivity contribution in [2.45, 2.75) is 13.8 Å². The largest absolute Gasteiger partial charge is 0.492 e. The van der Waals surface area contributed by atoms with Gasteiger partial charge in [-0.1, -0.05) is 18.2 Å². The topological polar surface area (TPSA) is 29.5 Å². The van der Waals surface area contributed by atoms with Gasteiger partial charge in [-0.05, 0) is 26.0 Å². The molecule has 0 radical (unpaired) electrons. The van der Waals surface area contributed by atoms with E-state index in [1.807, 2.05) is 44.2 Å². The minimum Gasteiger partial charge on any atom is -0.492 e. The average molecular weight is 270 g/mol. The fourth-order valence-electron chi connectivity index (χ4n) is 1.49. The van der Waals surface area contributed by atoms with Crippen LogP contribution in [0.1, 0.15) is 13.8 Å². The van der Waals surface area contributed by atoms with Crippen LogP contribution in [0.3, 0.4) is 0 Å². The van der Waals surface area contributed by atoms with Crippen molar-refractivity contribution in [1.82, 2.24) is 4.90 Å². The summed E-state index contributed by atoms with van der Waals surface area (Å²) in [5.74, 6) is 1.17. The van der Waals surface area contributed by atoms with Gasteiger partial charge in [0.25, 0.3) is 0 Å². The van der Waals surface area contributed by atoms with E-state index in [2.05, 4.69) is 0 Å². The van der Waals surface area contributed by atoms with Crippen molar-refractivity contribution in [3.8, 4) is 5.75 Å². The van der Waals surface area contributed by atoms with Gasteiger partial charge >= 0.3 is 0 Å². The highest BCUT2D eigenvalue weighted by Gasteiger charge is 2.29. The van der Waals surface area contributed by atoms with Crippen LogP contribution >= 0.6 is 11.6 Å².